The summed E-state index contributed by atoms with van der Waals surface area (Å²) < 4.78 is 42.4. The van der Waals surface area contributed by atoms with Crippen LogP contribution >= 0.6 is 11.6 Å². The number of amides is 1. The van der Waals surface area contributed by atoms with Crippen molar-refractivity contribution >= 4 is 33.4 Å². The monoisotopic (exact) mass is 439 g/mol. The Balaban J connectivity index is 1.60. The van der Waals surface area contributed by atoms with Gasteiger partial charge in [0.25, 0.3) is 10.2 Å². The standard InChI is InChI=1S/C20H23ClFN3O3S/c1-25(13-17-18(21)9-4-10-19(17)22)29(27,28)23-12-14-5-2-8-16(11-14)24-20(26)15-6-3-7-15/h2,4-5,8-11,15,23H,3,6-7,12-13H2,1H3,(H,24,26). The van der Waals surface area contributed by atoms with E-state index in [4.69, 9.17) is 11.6 Å². The van der Waals surface area contributed by atoms with Gasteiger partial charge in [-0.1, -0.05) is 36.2 Å². The van der Waals surface area contributed by atoms with Gasteiger partial charge in [0.15, 0.2) is 0 Å². The minimum Gasteiger partial charge on any atom is -0.326 e. The molecule has 0 aromatic heterocycles. The van der Waals surface area contributed by atoms with Gasteiger partial charge < -0.3 is 5.32 Å². The maximum Gasteiger partial charge on any atom is 0.279 e. The Morgan fingerprint density at radius 2 is 1.97 bits per heavy atom. The van der Waals surface area contributed by atoms with Crippen molar-refractivity contribution in [3.8, 4) is 0 Å². The van der Waals surface area contributed by atoms with Gasteiger partial charge in [-0.3, -0.25) is 4.79 Å². The molecule has 1 fully saturated rings. The quantitative estimate of drug-likeness (QED) is 0.658. The second kappa shape index (κ2) is 9.21. The zero-order valence-electron chi connectivity index (χ0n) is 16.0. The van der Waals surface area contributed by atoms with E-state index in [0.717, 1.165) is 23.6 Å². The Hall–Kier alpha value is -2.00. The molecule has 2 N–H and O–H groups in total. The molecule has 2 aromatic rings. The molecule has 0 heterocycles. The Bertz CT molecular complexity index is 976. The number of hydrogen-bond donors (Lipinski definition) is 2. The fraction of sp³-hybridized carbons (Fsp3) is 0.350. The van der Waals surface area contributed by atoms with E-state index in [9.17, 15) is 17.6 Å². The highest BCUT2D eigenvalue weighted by Crippen LogP contribution is 2.27. The van der Waals surface area contributed by atoms with Gasteiger partial charge in [0.2, 0.25) is 5.91 Å². The van der Waals surface area contributed by atoms with E-state index >= 15 is 0 Å². The summed E-state index contributed by atoms with van der Waals surface area (Å²) in [6, 6.07) is 11.2. The van der Waals surface area contributed by atoms with Crippen LogP contribution in [0.4, 0.5) is 10.1 Å². The van der Waals surface area contributed by atoms with Crippen LogP contribution < -0.4 is 10.0 Å². The zero-order chi connectivity index (χ0) is 21.0. The third-order valence-electron chi connectivity index (χ3n) is 4.98. The van der Waals surface area contributed by atoms with E-state index in [0.29, 0.717) is 11.3 Å². The van der Waals surface area contributed by atoms with Crippen molar-refractivity contribution in [3.05, 3.63) is 64.4 Å². The molecule has 0 atom stereocenters. The molecule has 2 aromatic carbocycles. The van der Waals surface area contributed by atoms with Crippen LogP contribution in [0.1, 0.15) is 30.4 Å². The molecule has 0 spiro atoms. The van der Waals surface area contributed by atoms with Crippen LogP contribution in [-0.2, 0) is 28.1 Å². The van der Waals surface area contributed by atoms with Crippen LogP contribution in [0.2, 0.25) is 5.02 Å². The smallest absolute Gasteiger partial charge is 0.279 e. The highest BCUT2D eigenvalue weighted by atomic mass is 35.5. The van der Waals surface area contributed by atoms with Crippen LogP contribution in [0.15, 0.2) is 42.5 Å². The second-order valence-corrected chi connectivity index (χ2v) is 9.37. The number of rotatable bonds is 8. The molecule has 1 aliphatic rings. The third kappa shape index (κ3) is 5.54. The largest absolute Gasteiger partial charge is 0.326 e. The molecule has 0 bridgehead atoms. The summed E-state index contributed by atoms with van der Waals surface area (Å²) >= 11 is 5.98. The molecule has 1 amide bonds. The van der Waals surface area contributed by atoms with Crippen LogP contribution in [0, 0.1) is 11.7 Å². The summed E-state index contributed by atoms with van der Waals surface area (Å²) in [4.78, 5) is 12.1. The fourth-order valence-corrected chi connectivity index (χ4v) is 4.04. The van der Waals surface area contributed by atoms with Gasteiger partial charge in [0, 0.05) is 42.3 Å². The van der Waals surface area contributed by atoms with Crippen molar-refractivity contribution in [2.75, 3.05) is 12.4 Å². The number of benzene rings is 2. The topological polar surface area (TPSA) is 78.5 Å². The molecule has 1 saturated carbocycles. The van der Waals surface area contributed by atoms with Crippen molar-refractivity contribution < 1.29 is 17.6 Å². The maximum absolute atomic E-state index is 13.9. The minimum absolute atomic E-state index is 0.00418. The van der Waals surface area contributed by atoms with Crippen molar-refractivity contribution in [2.45, 2.75) is 32.4 Å². The van der Waals surface area contributed by atoms with Gasteiger partial charge in [-0.25, -0.2) is 4.39 Å². The van der Waals surface area contributed by atoms with E-state index in [2.05, 4.69) is 10.0 Å². The molecule has 0 unspecified atom stereocenters. The first-order chi connectivity index (χ1) is 13.8. The number of nitrogens with zero attached hydrogens (tertiary/aromatic N) is 1. The van der Waals surface area contributed by atoms with Crippen molar-refractivity contribution in [1.82, 2.24) is 9.03 Å². The van der Waals surface area contributed by atoms with Gasteiger partial charge in [-0.2, -0.15) is 17.4 Å². The Labute approximate surface area is 175 Å². The summed E-state index contributed by atoms with van der Waals surface area (Å²) in [5.41, 5.74) is 1.44. The number of nitrogens with one attached hydrogen (secondary N) is 2. The fourth-order valence-electron chi connectivity index (χ4n) is 2.95. The van der Waals surface area contributed by atoms with Gasteiger partial charge in [-0.15, -0.1) is 0 Å². The van der Waals surface area contributed by atoms with E-state index < -0.39 is 16.0 Å². The summed E-state index contributed by atoms with van der Waals surface area (Å²) in [5.74, 6) is -0.499. The molecule has 156 valence electrons. The average molecular weight is 440 g/mol. The first-order valence-electron chi connectivity index (χ1n) is 9.30. The van der Waals surface area contributed by atoms with E-state index in [-0.39, 0.29) is 35.5 Å². The summed E-state index contributed by atoms with van der Waals surface area (Å²) in [6.07, 6.45) is 2.89. The molecule has 9 heteroatoms. The normalized spacial score (nSPS) is 14.6. The molecule has 0 aliphatic heterocycles. The molecular formula is C20H23ClFN3O3S. The molecular weight excluding hydrogens is 417 g/mol. The molecule has 29 heavy (non-hydrogen) atoms. The van der Waals surface area contributed by atoms with Crippen LogP contribution in [0.25, 0.3) is 0 Å². The molecule has 3 rings (SSSR count). The third-order valence-corrected chi connectivity index (χ3v) is 6.79. The van der Waals surface area contributed by atoms with E-state index in [1.165, 1.54) is 25.2 Å². The van der Waals surface area contributed by atoms with Crippen LogP contribution in [0.3, 0.4) is 0 Å². The van der Waals surface area contributed by atoms with Crippen molar-refractivity contribution in [1.29, 1.82) is 0 Å². The van der Waals surface area contributed by atoms with Crippen LogP contribution in [0.5, 0.6) is 0 Å². The van der Waals surface area contributed by atoms with Gasteiger partial charge in [-0.05, 0) is 42.7 Å². The van der Waals surface area contributed by atoms with Crippen molar-refractivity contribution in [3.63, 3.8) is 0 Å². The maximum atomic E-state index is 13.9. The Morgan fingerprint density at radius 3 is 2.62 bits per heavy atom. The van der Waals surface area contributed by atoms with Crippen molar-refractivity contribution in [2.24, 2.45) is 5.92 Å². The van der Waals surface area contributed by atoms with Gasteiger partial charge in [0.05, 0.1) is 0 Å². The lowest BCUT2D eigenvalue weighted by molar-refractivity contribution is -0.122. The van der Waals surface area contributed by atoms with E-state index in [1.807, 2.05) is 0 Å². The highest BCUT2D eigenvalue weighted by Gasteiger charge is 2.25. The summed E-state index contributed by atoms with van der Waals surface area (Å²) in [5, 5.41) is 3.03. The lowest BCUT2D eigenvalue weighted by Gasteiger charge is -2.24. The predicted molar refractivity (Wildman–Crippen MR) is 111 cm³/mol. The number of carbonyl (C=O) groups excluding carboxylic acids is 1. The SMILES string of the molecule is CN(Cc1c(F)cccc1Cl)S(=O)(=O)NCc1cccc(NC(=O)C2CCC2)c1. The number of halogens is 2. The Kier molecular flexibility index (Phi) is 6.89. The highest BCUT2D eigenvalue weighted by molar-refractivity contribution is 7.87. The lowest BCUT2D eigenvalue weighted by atomic mass is 9.85. The number of anilines is 1. The average Bonchev–Trinajstić information content (AvgIpc) is 2.62. The zero-order valence-corrected chi connectivity index (χ0v) is 17.6. The van der Waals surface area contributed by atoms with Gasteiger partial charge >= 0.3 is 0 Å². The van der Waals surface area contributed by atoms with Crippen LogP contribution in [-0.4, -0.2) is 25.7 Å². The molecule has 0 saturated heterocycles. The first-order valence-corrected chi connectivity index (χ1v) is 11.1. The summed E-state index contributed by atoms with van der Waals surface area (Å²) in [6.45, 7) is -0.164. The van der Waals surface area contributed by atoms with Gasteiger partial charge in [0.1, 0.15) is 5.82 Å². The minimum atomic E-state index is -3.86. The molecule has 6 nitrogen and oxygen atoms in total. The molecule has 1 aliphatic carbocycles. The Morgan fingerprint density at radius 1 is 1.24 bits per heavy atom. The molecule has 0 radical (unpaired) electrons. The number of carbonyl (C=O) groups is 1. The summed E-state index contributed by atoms with van der Waals surface area (Å²) in [7, 11) is -2.52. The second-order valence-electron chi connectivity index (χ2n) is 7.10. The van der Waals surface area contributed by atoms with E-state index in [1.54, 1.807) is 24.3 Å². The number of hydrogen-bond acceptors (Lipinski definition) is 3. The lowest BCUT2D eigenvalue weighted by Crippen LogP contribution is -2.37. The predicted octanol–water partition coefficient (Wildman–Crippen LogP) is 3.68. The first kappa shape index (κ1) is 21.7.